The van der Waals surface area contributed by atoms with Crippen molar-refractivity contribution in [3.8, 4) is 0 Å². The van der Waals surface area contributed by atoms with Gasteiger partial charge in [0, 0.05) is 19.3 Å². The number of hydrogen-bond donors (Lipinski definition) is 1. The van der Waals surface area contributed by atoms with Gasteiger partial charge in [-0.15, -0.1) is 0 Å². The first-order chi connectivity index (χ1) is 10.1. The Labute approximate surface area is 126 Å². The fourth-order valence-electron chi connectivity index (χ4n) is 3.70. The number of rotatable bonds is 2. The second kappa shape index (κ2) is 5.79. The number of amides is 1. The number of piperidine rings is 1. The molecule has 0 aromatic carbocycles. The maximum atomic E-state index is 12.8. The molecule has 1 aromatic heterocycles. The smallest absolute Gasteiger partial charge is 0.242 e. The second-order valence-corrected chi connectivity index (χ2v) is 6.76. The summed E-state index contributed by atoms with van der Waals surface area (Å²) in [5, 5.41) is 4.41. The van der Waals surface area contributed by atoms with E-state index in [1.165, 1.54) is 12.0 Å². The molecule has 1 aromatic rings. The lowest BCUT2D eigenvalue weighted by Gasteiger charge is -2.40. The van der Waals surface area contributed by atoms with Crippen LogP contribution in [0, 0.1) is 6.92 Å². The molecule has 2 aliphatic rings. The summed E-state index contributed by atoms with van der Waals surface area (Å²) in [6.45, 7) is 3.64. The van der Waals surface area contributed by atoms with Crippen LogP contribution in [-0.4, -0.2) is 39.2 Å². The lowest BCUT2D eigenvalue weighted by molar-refractivity contribution is -0.140. The summed E-state index contributed by atoms with van der Waals surface area (Å²) in [6, 6.07) is 0.295. The third kappa shape index (κ3) is 2.98. The molecular weight excluding hydrogens is 264 g/mol. The molecule has 21 heavy (non-hydrogen) atoms. The van der Waals surface area contributed by atoms with Gasteiger partial charge in [-0.3, -0.25) is 9.48 Å². The van der Waals surface area contributed by atoms with Crippen molar-refractivity contribution in [1.29, 1.82) is 0 Å². The first-order valence-electron chi connectivity index (χ1n) is 8.17. The van der Waals surface area contributed by atoms with Gasteiger partial charge in [0.2, 0.25) is 5.91 Å². The van der Waals surface area contributed by atoms with Crippen molar-refractivity contribution in [3.63, 3.8) is 0 Å². The Kier molecular flexibility index (Phi) is 4.02. The minimum absolute atomic E-state index is 0.163. The average molecular weight is 290 g/mol. The van der Waals surface area contributed by atoms with Gasteiger partial charge in [-0.1, -0.05) is 19.3 Å². The van der Waals surface area contributed by atoms with Crippen molar-refractivity contribution < 1.29 is 4.79 Å². The van der Waals surface area contributed by atoms with Crippen molar-refractivity contribution in [1.82, 2.24) is 14.7 Å². The highest BCUT2D eigenvalue weighted by Gasteiger charge is 2.39. The van der Waals surface area contributed by atoms with Gasteiger partial charge in [-0.2, -0.15) is 5.10 Å². The van der Waals surface area contributed by atoms with Crippen LogP contribution in [0.15, 0.2) is 12.4 Å². The number of carbonyl (C=O) groups excluding carboxylic acids is 1. The fraction of sp³-hybridized carbons (Fsp3) is 0.750. The molecule has 1 aliphatic carbocycles. The van der Waals surface area contributed by atoms with Crippen LogP contribution in [0.25, 0.3) is 0 Å². The average Bonchev–Trinajstić information content (AvgIpc) is 2.94. The zero-order chi connectivity index (χ0) is 14.9. The number of hydrogen-bond acceptors (Lipinski definition) is 3. The predicted octanol–water partition coefficient (Wildman–Crippen LogP) is 2.02. The molecule has 1 amide bonds. The van der Waals surface area contributed by atoms with Crippen LogP contribution < -0.4 is 5.73 Å². The molecule has 1 atom stereocenters. The zero-order valence-corrected chi connectivity index (χ0v) is 12.9. The van der Waals surface area contributed by atoms with E-state index in [1.807, 2.05) is 22.7 Å². The first-order valence-corrected chi connectivity index (χ1v) is 8.17. The zero-order valence-electron chi connectivity index (χ0n) is 12.9. The van der Waals surface area contributed by atoms with Crippen LogP contribution in [0.5, 0.6) is 0 Å². The van der Waals surface area contributed by atoms with Crippen molar-refractivity contribution >= 4 is 5.91 Å². The Morgan fingerprint density at radius 3 is 2.76 bits per heavy atom. The number of likely N-dealkylation sites (tertiary alicyclic amines) is 1. The summed E-state index contributed by atoms with van der Waals surface area (Å²) in [6.07, 6.45) is 11.1. The van der Waals surface area contributed by atoms with Gasteiger partial charge < -0.3 is 10.6 Å². The van der Waals surface area contributed by atoms with Gasteiger partial charge in [0.05, 0.1) is 17.8 Å². The maximum absolute atomic E-state index is 12.8. The summed E-state index contributed by atoms with van der Waals surface area (Å²) in [7, 11) is 0. The van der Waals surface area contributed by atoms with Crippen LogP contribution in [0.1, 0.15) is 56.6 Å². The van der Waals surface area contributed by atoms with Crippen LogP contribution in [0.3, 0.4) is 0 Å². The minimum atomic E-state index is -0.611. The standard InChI is InChI=1S/C16H26N4O/c1-13-10-18-20(11-13)14-6-5-9-19(12-14)15(21)16(17)7-3-2-4-8-16/h10-11,14H,2-9,12,17H2,1H3. The van der Waals surface area contributed by atoms with Gasteiger partial charge in [-0.05, 0) is 38.2 Å². The topological polar surface area (TPSA) is 64.2 Å². The molecular formula is C16H26N4O. The Balaban J connectivity index is 1.69. The summed E-state index contributed by atoms with van der Waals surface area (Å²) in [4.78, 5) is 14.8. The Hall–Kier alpha value is -1.36. The molecule has 5 nitrogen and oxygen atoms in total. The summed E-state index contributed by atoms with van der Waals surface area (Å²) >= 11 is 0. The minimum Gasteiger partial charge on any atom is -0.339 e. The van der Waals surface area contributed by atoms with Crippen LogP contribution in [-0.2, 0) is 4.79 Å². The normalized spacial score (nSPS) is 25.8. The first kappa shape index (κ1) is 14.6. The van der Waals surface area contributed by atoms with Gasteiger partial charge >= 0.3 is 0 Å². The number of carbonyl (C=O) groups is 1. The number of aromatic nitrogens is 2. The molecule has 0 spiro atoms. The number of nitrogens with zero attached hydrogens (tertiary/aromatic N) is 3. The molecule has 0 bridgehead atoms. The van der Waals surface area contributed by atoms with E-state index >= 15 is 0 Å². The number of aryl methyl sites for hydroxylation is 1. The molecule has 5 heteroatoms. The highest BCUT2D eigenvalue weighted by molar-refractivity contribution is 5.86. The Morgan fingerprint density at radius 2 is 2.10 bits per heavy atom. The van der Waals surface area contributed by atoms with Crippen molar-refractivity contribution in [2.75, 3.05) is 13.1 Å². The molecule has 0 radical (unpaired) electrons. The van der Waals surface area contributed by atoms with Crippen molar-refractivity contribution in [3.05, 3.63) is 18.0 Å². The van der Waals surface area contributed by atoms with Crippen LogP contribution in [0.2, 0.25) is 0 Å². The molecule has 2 heterocycles. The summed E-state index contributed by atoms with van der Waals surface area (Å²) < 4.78 is 2.01. The van der Waals surface area contributed by atoms with Gasteiger partial charge in [0.25, 0.3) is 0 Å². The van der Waals surface area contributed by atoms with Crippen molar-refractivity contribution in [2.45, 2.75) is 63.5 Å². The monoisotopic (exact) mass is 290 g/mol. The van der Waals surface area contributed by atoms with E-state index in [1.54, 1.807) is 0 Å². The van der Waals surface area contributed by atoms with Crippen molar-refractivity contribution in [2.24, 2.45) is 5.73 Å². The van der Waals surface area contributed by atoms with Crippen LogP contribution >= 0.6 is 0 Å². The van der Waals surface area contributed by atoms with E-state index < -0.39 is 5.54 Å². The highest BCUT2D eigenvalue weighted by Crippen LogP contribution is 2.30. The predicted molar refractivity (Wildman–Crippen MR) is 81.8 cm³/mol. The lowest BCUT2D eigenvalue weighted by atomic mass is 9.81. The molecule has 2 N–H and O–H groups in total. The third-order valence-electron chi connectivity index (χ3n) is 4.96. The molecule has 2 fully saturated rings. The molecule has 116 valence electrons. The summed E-state index contributed by atoms with van der Waals surface area (Å²) in [5.41, 5.74) is 6.96. The molecule has 3 rings (SSSR count). The second-order valence-electron chi connectivity index (χ2n) is 6.76. The van der Waals surface area contributed by atoms with E-state index in [0.717, 1.165) is 51.6 Å². The van der Waals surface area contributed by atoms with E-state index in [0.29, 0.717) is 6.04 Å². The third-order valence-corrected chi connectivity index (χ3v) is 4.96. The molecule has 1 saturated heterocycles. The lowest BCUT2D eigenvalue weighted by Crippen LogP contribution is -2.58. The SMILES string of the molecule is Cc1cnn(C2CCCN(C(=O)C3(N)CCCCC3)C2)c1. The fourth-order valence-corrected chi connectivity index (χ4v) is 3.70. The van der Waals surface area contributed by atoms with Gasteiger partial charge in [-0.25, -0.2) is 0 Å². The largest absolute Gasteiger partial charge is 0.339 e. The molecule has 1 aliphatic heterocycles. The van der Waals surface area contributed by atoms with E-state index in [4.69, 9.17) is 5.73 Å². The van der Waals surface area contributed by atoms with E-state index in [-0.39, 0.29) is 5.91 Å². The van der Waals surface area contributed by atoms with E-state index in [9.17, 15) is 4.79 Å². The van der Waals surface area contributed by atoms with Gasteiger partial charge in [0.1, 0.15) is 0 Å². The summed E-state index contributed by atoms with van der Waals surface area (Å²) in [5.74, 6) is 0.163. The van der Waals surface area contributed by atoms with E-state index in [2.05, 4.69) is 11.3 Å². The quantitative estimate of drug-likeness (QED) is 0.906. The maximum Gasteiger partial charge on any atom is 0.242 e. The Morgan fingerprint density at radius 1 is 1.33 bits per heavy atom. The highest BCUT2D eigenvalue weighted by atomic mass is 16.2. The number of nitrogens with two attached hydrogens (primary N) is 1. The van der Waals surface area contributed by atoms with Gasteiger partial charge in [0.15, 0.2) is 0 Å². The van der Waals surface area contributed by atoms with Crippen LogP contribution in [0.4, 0.5) is 0 Å². The Bertz CT molecular complexity index is 504. The molecule has 1 unspecified atom stereocenters. The molecule has 1 saturated carbocycles.